The van der Waals surface area contributed by atoms with E-state index in [1.165, 1.54) is 0 Å². The van der Waals surface area contributed by atoms with Crippen molar-refractivity contribution < 1.29 is 19.0 Å². The summed E-state index contributed by atoms with van der Waals surface area (Å²) in [5.74, 6) is 1.05. The Morgan fingerprint density at radius 1 is 1.33 bits per heavy atom. The molecule has 0 aliphatic carbocycles. The van der Waals surface area contributed by atoms with Gasteiger partial charge in [-0.15, -0.1) is 0 Å². The normalized spacial score (nSPS) is 13.5. The average Bonchev–Trinajstić information content (AvgIpc) is 2.39. The van der Waals surface area contributed by atoms with Gasteiger partial charge in [0, 0.05) is 12.7 Å². The first kappa shape index (κ1) is 14.3. The zero-order chi connectivity index (χ0) is 13.6. The molecule has 0 fully saturated rings. The molecule has 4 nitrogen and oxygen atoms in total. The number of carbonyl (C=O) groups is 1. The van der Waals surface area contributed by atoms with E-state index in [9.17, 15) is 4.79 Å². The van der Waals surface area contributed by atoms with Crippen LogP contribution in [-0.2, 0) is 4.74 Å². The number of hydrogen-bond donors (Lipinski definition) is 0. The Balaban J connectivity index is 3.06. The predicted octanol–water partition coefficient (Wildman–Crippen LogP) is 2.48. The maximum Gasteiger partial charge on any atom is 0.163 e. The van der Waals surface area contributed by atoms with Crippen LogP contribution in [0.4, 0.5) is 0 Å². The third kappa shape index (κ3) is 3.34. The molecule has 0 aliphatic rings. The Kier molecular flexibility index (Phi) is 4.92. The van der Waals surface area contributed by atoms with E-state index in [4.69, 9.17) is 14.2 Å². The van der Waals surface area contributed by atoms with Gasteiger partial charge in [-0.25, -0.2) is 0 Å². The molecule has 0 spiro atoms. The van der Waals surface area contributed by atoms with Crippen molar-refractivity contribution in [3.63, 3.8) is 0 Å². The molecule has 0 aliphatic heterocycles. The van der Waals surface area contributed by atoms with Crippen molar-refractivity contribution in [2.45, 2.75) is 12.5 Å². The Morgan fingerprint density at radius 2 is 2.06 bits per heavy atom. The molecule has 0 aromatic heterocycles. The SMILES string of the molecule is C=CC(C)(COC)Oc1cc(C=O)ccc1OC. The van der Waals surface area contributed by atoms with Crippen LogP contribution in [0.5, 0.6) is 11.5 Å². The van der Waals surface area contributed by atoms with E-state index in [1.807, 2.05) is 6.92 Å². The largest absolute Gasteiger partial charge is 0.493 e. The van der Waals surface area contributed by atoms with Gasteiger partial charge in [-0.3, -0.25) is 4.79 Å². The first-order valence-corrected chi connectivity index (χ1v) is 5.53. The van der Waals surface area contributed by atoms with Crippen molar-refractivity contribution in [3.05, 3.63) is 36.4 Å². The van der Waals surface area contributed by atoms with E-state index in [2.05, 4.69) is 6.58 Å². The zero-order valence-electron chi connectivity index (χ0n) is 10.9. The molecule has 0 saturated carbocycles. The highest BCUT2D eigenvalue weighted by Gasteiger charge is 2.24. The Morgan fingerprint density at radius 3 is 2.56 bits per heavy atom. The van der Waals surface area contributed by atoms with Gasteiger partial charge in [-0.05, 0) is 31.2 Å². The fourth-order valence-corrected chi connectivity index (χ4v) is 1.51. The molecule has 1 aromatic carbocycles. The summed E-state index contributed by atoms with van der Waals surface area (Å²) in [5.41, 5.74) is -0.154. The molecule has 0 N–H and O–H groups in total. The minimum Gasteiger partial charge on any atom is -0.493 e. The highest BCUT2D eigenvalue weighted by atomic mass is 16.6. The fraction of sp³-hybridized carbons (Fsp3) is 0.357. The van der Waals surface area contributed by atoms with E-state index in [0.717, 1.165) is 6.29 Å². The fourth-order valence-electron chi connectivity index (χ4n) is 1.51. The second-order valence-electron chi connectivity index (χ2n) is 4.08. The molecule has 0 amide bonds. The molecule has 0 heterocycles. The average molecular weight is 250 g/mol. The molecule has 18 heavy (non-hydrogen) atoms. The molecule has 1 unspecified atom stereocenters. The van der Waals surface area contributed by atoms with Crippen molar-refractivity contribution in [1.82, 2.24) is 0 Å². The van der Waals surface area contributed by atoms with Gasteiger partial charge in [0.25, 0.3) is 0 Å². The van der Waals surface area contributed by atoms with Gasteiger partial charge in [-0.1, -0.05) is 6.58 Å². The van der Waals surface area contributed by atoms with Crippen LogP contribution >= 0.6 is 0 Å². The maximum atomic E-state index is 10.8. The summed E-state index contributed by atoms with van der Waals surface area (Å²) in [4.78, 5) is 10.8. The van der Waals surface area contributed by atoms with Gasteiger partial charge in [0.1, 0.15) is 11.9 Å². The highest BCUT2D eigenvalue weighted by Crippen LogP contribution is 2.31. The molecular weight excluding hydrogens is 232 g/mol. The van der Waals surface area contributed by atoms with E-state index < -0.39 is 5.60 Å². The van der Waals surface area contributed by atoms with Crippen LogP contribution in [0, 0.1) is 0 Å². The number of carbonyl (C=O) groups excluding carboxylic acids is 1. The van der Waals surface area contributed by atoms with E-state index in [-0.39, 0.29) is 0 Å². The summed E-state index contributed by atoms with van der Waals surface area (Å²) in [6, 6.07) is 4.99. The van der Waals surface area contributed by atoms with Crippen molar-refractivity contribution in [1.29, 1.82) is 0 Å². The number of methoxy groups -OCH3 is 2. The number of ether oxygens (including phenoxy) is 3. The summed E-state index contributed by atoms with van der Waals surface area (Å²) in [6.07, 6.45) is 2.41. The van der Waals surface area contributed by atoms with Crippen LogP contribution in [0.15, 0.2) is 30.9 Å². The van der Waals surface area contributed by atoms with Crippen molar-refractivity contribution in [3.8, 4) is 11.5 Å². The second-order valence-corrected chi connectivity index (χ2v) is 4.08. The smallest absolute Gasteiger partial charge is 0.163 e. The Bertz CT molecular complexity index is 428. The molecule has 0 saturated heterocycles. The third-order valence-electron chi connectivity index (χ3n) is 2.53. The zero-order valence-corrected chi connectivity index (χ0v) is 10.9. The van der Waals surface area contributed by atoms with Gasteiger partial charge >= 0.3 is 0 Å². The van der Waals surface area contributed by atoms with E-state index >= 15 is 0 Å². The number of aldehydes is 1. The van der Waals surface area contributed by atoms with Gasteiger partial charge in [0.15, 0.2) is 11.5 Å². The minimum absolute atomic E-state index is 0.352. The van der Waals surface area contributed by atoms with Crippen molar-refractivity contribution in [2.24, 2.45) is 0 Å². The van der Waals surface area contributed by atoms with Gasteiger partial charge in [0.05, 0.1) is 13.7 Å². The Labute approximate surface area is 107 Å². The van der Waals surface area contributed by atoms with Crippen LogP contribution in [0.3, 0.4) is 0 Å². The standard InChI is InChI=1S/C14H18O4/c1-5-14(2,10-16-3)18-13-8-11(9-15)6-7-12(13)17-4/h5-9H,1,10H2,2-4H3. The van der Waals surface area contributed by atoms with Crippen LogP contribution in [-0.4, -0.2) is 32.7 Å². The van der Waals surface area contributed by atoms with Crippen LogP contribution in [0.2, 0.25) is 0 Å². The second kappa shape index (κ2) is 6.21. The summed E-state index contributed by atoms with van der Waals surface area (Å²) in [5, 5.41) is 0. The van der Waals surface area contributed by atoms with Gasteiger partial charge in [0.2, 0.25) is 0 Å². The first-order chi connectivity index (χ1) is 8.58. The molecule has 1 aromatic rings. The molecule has 1 rings (SSSR count). The quantitative estimate of drug-likeness (QED) is 0.551. The summed E-state index contributed by atoms with van der Waals surface area (Å²) >= 11 is 0. The lowest BCUT2D eigenvalue weighted by atomic mass is 10.1. The summed E-state index contributed by atoms with van der Waals surface area (Å²) in [7, 11) is 3.13. The Hall–Kier alpha value is -1.81. The van der Waals surface area contributed by atoms with Crippen molar-refractivity contribution in [2.75, 3.05) is 20.8 Å². The lowest BCUT2D eigenvalue weighted by Gasteiger charge is -2.27. The van der Waals surface area contributed by atoms with Gasteiger partial charge in [-0.2, -0.15) is 0 Å². The van der Waals surface area contributed by atoms with Crippen molar-refractivity contribution >= 4 is 6.29 Å². The topological polar surface area (TPSA) is 44.8 Å². The third-order valence-corrected chi connectivity index (χ3v) is 2.53. The molecular formula is C14H18O4. The molecule has 0 bridgehead atoms. The monoisotopic (exact) mass is 250 g/mol. The summed E-state index contributed by atoms with van der Waals surface area (Å²) < 4.78 is 16.1. The predicted molar refractivity (Wildman–Crippen MR) is 69.5 cm³/mol. The lowest BCUT2D eigenvalue weighted by Crippen LogP contribution is -2.35. The maximum absolute atomic E-state index is 10.8. The lowest BCUT2D eigenvalue weighted by molar-refractivity contribution is 0.0376. The highest BCUT2D eigenvalue weighted by molar-refractivity contribution is 5.76. The molecule has 1 atom stereocenters. The minimum atomic E-state index is -0.677. The van der Waals surface area contributed by atoms with E-state index in [1.54, 1.807) is 38.5 Å². The van der Waals surface area contributed by atoms with Crippen LogP contribution in [0.25, 0.3) is 0 Å². The molecule has 4 heteroatoms. The van der Waals surface area contributed by atoms with E-state index in [0.29, 0.717) is 23.7 Å². The van der Waals surface area contributed by atoms with Gasteiger partial charge < -0.3 is 14.2 Å². The van der Waals surface area contributed by atoms with Crippen LogP contribution in [0.1, 0.15) is 17.3 Å². The summed E-state index contributed by atoms with van der Waals surface area (Å²) in [6.45, 7) is 5.93. The first-order valence-electron chi connectivity index (χ1n) is 5.53. The number of hydrogen-bond acceptors (Lipinski definition) is 4. The molecule has 0 radical (unpaired) electrons. The molecule has 98 valence electrons. The number of benzene rings is 1. The van der Waals surface area contributed by atoms with Crippen LogP contribution < -0.4 is 9.47 Å². The number of rotatable bonds is 7.